The fourth-order valence-electron chi connectivity index (χ4n) is 5.30. The van der Waals surface area contributed by atoms with Crippen LogP contribution in [0.15, 0.2) is 108 Å². The molecular weight excluding hydrogens is 503 g/mol. The van der Waals surface area contributed by atoms with Crippen molar-refractivity contribution in [2.24, 2.45) is 0 Å². The molecule has 0 nitrogen and oxygen atoms in total. The summed E-state index contributed by atoms with van der Waals surface area (Å²) in [5.41, 5.74) is 14.2. The summed E-state index contributed by atoms with van der Waals surface area (Å²) in [5.74, 6) is 0. The van der Waals surface area contributed by atoms with Crippen LogP contribution in [0.25, 0.3) is 34.4 Å². The summed E-state index contributed by atoms with van der Waals surface area (Å²) < 4.78 is 1.22. The molecule has 2 unspecified atom stereocenters. The van der Waals surface area contributed by atoms with Gasteiger partial charge in [-0.2, -0.15) is 0 Å². The van der Waals surface area contributed by atoms with E-state index in [0.29, 0.717) is 8.45 Å². The fourth-order valence-corrected chi connectivity index (χ4v) is 8.29. The molecule has 6 rings (SSSR count). The summed E-state index contributed by atoms with van der Waals surface area (Å²) in [6.07, 6.45) is 4.87. The van der Waals surface area contributed by atoms with Gasteiger partial charge in [0, 0.05) is 0 Å². The third kappa shape index (κ3) is 4.86. The molecule has 0 N–H and O–H groups in total. The van der Waals surface area contributed by atoms with Crippen LogP contribution in [0, 0.1) is 0 Å². The van der Waals surface area contributed by atoms with Crippen molar-refractivity contribution in [3.05, 3.63) is 130 Å². The molecule has 0 saturated carbocycles. The zero-order valence-corrected chi connectivity index (χ0v) is 22.9. The van der Waals surface area contributed by atoms with E-state index >= 15 is 0 Å². The Morgan fingerprint density at radius 1 is 0.486 bits per heavy atom. The van der Waals surface area contributed by atoms with Crippen molar-refractivity contribution in [3.63, 3.8) is 0 Å². The smallest absolute Gasteiger partial charge is 1.00 e. The van der Waals surface area contributed by atoms with Crippen molar-refractivity contribution < 1.29 is 44.0 Å². The van der Waals surface area contributed by atoms with Gasteiger partial charge in [0.2, 0.25) is 0 Å². The summed E-state index contributed by atoms with van der Waals surface area (Å²) in [7, 11) is 0. The maximum atomic E-state index is 2.43. The number of hydrogen-bond acceptors (Lipinski definition) is 0. The van der Waals surface area contributed by atoms with E-state index in [4.69, 9.17) is 0 Å². The minimum absolute atomic E-state index is 0. The quantitative estimate of drug-likeness (QED) is 0.357. The molecular formula is C32H26Cl2Ti. The Bertz CT molecular complexity index is 1300. The predicted molar refractivity (Wildman–Crippen MR) is 137 cm³/mol. The molecule has 4 aromatic carbocycles. The SMILES string of the molecule is CC1=Cc2cc(-c3ccccc3)ccc2[CH]1[Ti+2][CH]1C(C)=Cc2cc(-c3ccccc3)ccc21.[Cl-].[Cl-]. The number of allylic oxidation sites excluding steroid dienone is 2. The van der Waals surface area contributed by atoms with Gasteiger partial charge in [-0.05, 0) is 0 Å². The Kier molecular flexibility index (Phi) is 7.89. The van der Waals surface area contributed by atoms with Crippen molar-refractivity contribution >= 4 is 12.2 Å². The molecule has 2 aliphatic carbocycles. The van der Waals surface area contributed by atoms with Gasteiger partial charge >= 0.3 is 206 Å². The van der Waals surface area contributed by atoms with Gasteiger partial charge in [-0.15, -0.1) is 0 Å². The van der Waals surface area contributed by atoms with Gasteiger partial charge in [-0.3, -0.25) is 0 Å². The van der Waals surface area contributed by atoms with Gasteiger partial charge in [0.05, 0.1) is 0 Å². The molecule has 0 aromatic heterocycles. The molecule has 2 atom stereocenters. The van der Waals surface area contributed by atoms with Gasteiger partial charge in [-0.1, -0.05) is 0 Å². The number of halogens is 2. The van der Waals surface area contributed by atoms with Crippen LogP contribution in [0.1, 0.15) is 44.5 Å². The number of hydrogen-bond donors (Lipinski definition) is 0. The summed E-state index contributed by atoms with van der Waals surface area (Å²) in [6, 6.07) is 35.6. The van der Waals surface area contributed by atoms with Crippen LogP contribution >= 0.6 is 0 Å². The van der Waals surface area contributed by atoms with E-state index in [9.17, 15) is 0 Å². The average Bonchev–Trinajstić information content (AvgIpc) is 3.34. The van der Waals surface area contributed by atoms with Crippen molar-refractivity contribution in [1.29, 1.82) is 0 Å². The second-order valence-corrected chi connectivity index (χ2v) is 11.6. The van der Waals surface area contributed by atoms with E-state index in [-0.39, 0.29) is 44.0 Å². The fraction of sp³-hybridized carbons (Fsp3) is 0.125. The Labute approximate surface area is 229 Å². The van der Waals surface area contributed by atoms with Crippen LogP contribution < -0.4 is 24.8 Å². The second-order valence-electron chi connectivity index (χ2n) is 9.23. The van der Waals surface area contributed by atoms with Gasteiger partial charge < -0.3 is 24.8 Å². The normalized spacial score (nSPS) is 17.2. The molecule has 0 amide bonds. The van der Waals surface area contributed by atoms with Crippen LogP contribution in [0.2, 0.25) is 0 Å². The van der Waals surface area contributed by atoms with Crippen molar-refractivity contribution in [3.8, 4) is 22.3 Å². The molecule has 172 valence electrons. The molecule has 4 aromatic rings. The summed E-state index contributed by atoms with van der Waals surface area (Å²) in [4.78, 5) is 0. The zero-order chi connectivity index (χ0) is 22.4. The Morgan fingerprint density at radius 2 is 0.886 bits per heavy atom. The third-order valence-electron chi connectivity index (χ3n) is 7.02. The number of rotatable bonds is 4. The topological polar surface area (TPSA) is 0 Å². The van der Waals surface area contributed by atoms with Crippen LogP contribution in [-0.2, 0) is 19.2 Å². The first-order chi connectivity index (χ1) is 16.2. The van der Waals surface area contributed by atoms with E-state index in [1.165, 1.54) is 55.7 Å². The molecule has 2 aliphatic rings. The molecule has 3 heteroatoms. The average molecular weight is 529 g/mol. The molecule has 35 heavy (non-hydrogen) atoms. The van der Waals surface area contributed by atoms with Crippen molar-refractivity contribution in [2.75, 3.05) is 0 Å². The van der Waals surface area contributed by atoms with Crippen LogP contribution in [-0.4, -0.2) is 0 Å². The molecule has 0 bridgehead atoms. The minimum Gasteiger partial charge on any atom is -1.00 e. The predicted octanol–water partition coefficient (Wildman–Crippen LogP) is 2.73. The van der Waals surface area contributed by atoms with Crippen LogP contribution in [0.4, 0.5) is 0 Å². The van der Waals surface area contributed by atoms with Gasteiger partial charge in [-0.25, -0.2) is 0 Å². The third-order valence-corrected chi connectivity index (χ3v) is 10.5. The van der Waals surface area contributed by atoms with Crippen LogP contribution in [0.3, 0.4) is 0 Å². The molecule has 0 saturated heterocycles. The van der Waals surface area contributed by atoms with Crippen molar-refractivity contribution in [2.45, 2.75) is 22.3 Å². The Hall–Kier alpha value is -2.35. The summed E-state index contributed by atoms with van der Waals surface area (Å²) in [5, 5.41) is 0. The van der Waals surface area contributed by atoms with E-state index in [1.807, 2.05) is 0 Å². The van der Waals surface area contributed by atoms with Gasteiger partial charge in [0.25, 0.3) is 0 Å². The second kappa shape index (κ2) is 10.7. The molecule has 0 radical (unpaired) electrons. The van der Waals surface area contributed by atoms with E-state index < -0.39 is 0 Å². The molecule has 0 fully saturated rings. The largest absolute Gasteiger partial charge is 1.00 e. The maximum absolute atomic E-state index is 2.43. The number of benzene rings is 4. The van der Waals surface area contributed by atoms with E-state index in [2.05, 4.69) is 123 Å². The monoisotopic (exact) mass is 528 g/mol. The summed E-state index contributed by atoms with van der Waals surface area (Å²) in [6.45, 7) is 4.67. The standard InChI is InChI=1S/2C16H13.2ClH.Ti/c2*1-12-9-14-7-8-15(11-16(14)10-12)13-5-3-2-4-6-13;;;/h2*2-11H,1H3;2*1H;/q;;;;+2/p-2. The Balaban J connectivity index is 0.00000144. The minimum atomic E-state index is -0.277. The zero-order valence-electron chi connectivity index (χ0n) is 19.8. The van der Waals surface area contributed by atoms with Crippen LogP contribution in [0.5, 0.6) is 0 Å². The first-order valence-electron chi connectivity index (χ1n) is 11.7. The van der Waals surface area contributed by atoms with Gasteiger partial charge in [0.15, 0.2) is 0 Å². The van der Waals surface area contributed by atoms with Gasteiger partial charge in [0.1, 0.15) is 0 Å². The van der Waals surface area contributed by atoms with E-state index in [0.717, 1.165) is 0 Å². The van der Waals surface area contributed by atoms with E-state index in [1.54, 1.807) is 0 Å². The molecule has 0 spiro atoms. The first-order valence-corrected chi connectivity index (χ1v) is 13.5. The summed E-state index contributed by atoms with van der Waals surface area (Å²) >= 11 is -0.277. The molecule has 0 heterocycles. The maximum Gasteiger partial charge on any atom is -1.00 e. The number of fused-ring (bicyclic) bond motifs is 2. The Morgan fingerprint density at radius 3 is 1.29 bits per heavy atom. The van der Waals surface area contributed by atoms with Crippen molar-refractivity contribution in [1.82, 2.24) is 0 Å². The first kappa shape index (κ1) is 25.7. The molecule has 0 aliphatic heterocycles.